The molecule has 0 amide bonds. The van der Waals surface area contributed by atoms with Crippen LogP contribution in [-0.2, 0) is 0 Å². The van der Waals surface area contributed by atoms with Crippen LogP contribution < -0.4 is 0 Å². The third-order valence-corrected chi connectivity index (χ3v) is 4.44. The summed E-state index contributed by atoms with van der Waals surface area (Å²) in [5, 5.41) is 0. The number of hydrogen-bond donors (Lipinski definition) is 0. The van der Waals surface area contributed by atoms with Gasteiger partial charge in [0.1, 0.15) is 0 Å². The quantitative estimate of drug-likeness (QED) is 0.523. The molecule has 0 bridgehead atoms. The average molecular weight is 407 g/mol. The lowest BCUT2D eigenvalue weighted by atomic mass is 10.0. The highest BCUT2D eigenvalue weighted by atomic mass is 127. The van der Waals surface area contributed by atoms with E-state index in [-0.39, 0.29) is 5.78 Å². The van der Waals surface area contributed by atoms with Gasteiger partial charge in [-0.25, -0.2) is 0 Å². The molecule has 2 aromatic rings. The predicted octanol–water partition coefficient (Wildman–Crippen LogP) is 4.65. The van der Waals surface area contributed by atoms with Gasteiger partial charge in [-0.2, -0.15) is 0 Å². The Kier molecular flexibility index (Phi) is 3.81. The smallest absolute Gasteiger partial charge is 0.194 e. The number of aryl methyl sites for hydroxylation is 1. The van der Waals surface area contributed by atoms with E-state index >= 15 is 0 Å². The Hall–Kier alpha value is -0.200. The van der Waals surface area contributed by atoms with Crippen molar-refractivity contribution in [2.75, 3.05) is 0 Å². The molecule has 0 aliphatic rings. The van der Waals surface area contributed by atoms with Crippen LogP contribution >= 0.6 is 49.9 Å². The van der Waals surface area contributed by atoms with Gasteiger partial charge in [-0.3, -0.25) is 4.79 Å². The molecule has 0 saturated carbocycles. The highest BCUT2D eigenvalue weighted by Gasteiger charge is 2.14. The van der Waals surface area contributed by atoms with Crippen molar-refractivity contribution in [2.24, 2.45) is 0 Å². The summed E-state index contributed by atoms with van der Waals surface area (Å²) in [5.41, 5.74) is 1.54. The molecule has 0 N–H and O–H groups in total. The van der Waals surface area contributed by atoms with Crippen LogP contribution in [0.3, 0.4) is 0 Å². The maximum atomic E-state index is 12.2. The van der Waals surface area contributed by atoms with Gasteiger partial charge in [0.05, 0.1) is 3.79 Å². The van der Waals surface area contributed by atoms with Gasteiger partial charge in [0, 0.05) is 19.6 Å². The fourth-order valence-electron chi connectivity index (χ4n) is 1.46. The number of thiophene rings is 1. The van der Waals surface area contributed by atoms with Crippen LogP contribution in [0.25, 0.3) is 0 Å². The number of ketones is 1. The van der Waals surface area contributed by atoms with Crippen molar-refractivity contribution in [3.05, 3.63) is 53.7 Å². The molecule has 2 rings (SSSR count). The Balaban J connectivity index is 2.43. The van der Waals surface area contributed by atoms with E-state index in [1.165, 1.54) is 0 Å². The summed E-state index contributed by atoms with van der Waals surface area (Å²) in [5.74, 6) is 0.0953. The first-order valence-electron chi connectivity index (χ1n) is 4.64. The highest BCUT2D eigenvalue weighted by Crippen LogP contribution is 2.28. The van der Waals surface area contributed by atoms with Crippen LogP contribution in [0.1, 0.15) is 20.8 Å². The van der Waals surface area contributed by atoms with E-state index < -0.39 is 0 Å². The standard InChI is InChI=1S/C12H8BrIOS/c1-7-10(6-11(13)16-7)12(15)8-3-2-4-9(14)5-8/h2-6H,1H3. The van der Waals surface area contributed by atoms with E-state index in [2.05, 4.69) is 38.5 Å². The van der Waals surface area contributed by atoms with Crippen LogP contribution in [0.15, 0.2) is 34.1 Å². The maximum Gasteiger partial charge on any atom is 0.194 e. The molecule has 1 aromatic heterocycles. The zero-order valence-corrected chi connectivity index (χ0v) is 13.0. The van der Waals surface area contributed by atoms with Gasteiger partial charge in [-0.05, 0) is 63.6 Å². The lowest BCUT2D eigenvalue weighted by Crippen LogP contribution is -2.01. The van der Waals surface area contributed by atoms with Crippen molar-refractivity contribution >= 4 is 55.6 Å². The maximum absolute atomic E-state index is 12.2. The molecule has 82 valence electrons. The molecule has 4 heteroatoms. The van der Waals surface area contributed by atoms with Crippen molar-refractivity contribution in [1.29, 1.82) is 0 Å². The van der Waals surface area contributed by atoms with Crippen LogP contribution in [0.4, 0.5) is 0 Å². The van der Waals surface area contributed by atoms with E-state index in [1.807, 2.05) is 37.3 Å². The Bertz CT molecular complexity index is 548. The molecule has 0 unspecified atom stereocenters. The van der Waals surface area contributed by atoms with Crippen molar-refractivity contribution < 1.29 is 4.79 Å². The summed E-state index contributed by atoms with van der Waals surface area (Å²) in [4.78, 5) is 13.3. The normalized spacial score (nSPS) is 10.4. The molecule has 16 heavy (non-hydrogen) atoms. The Labute approximate surface area is 120 Å². The molecule has 0 radical (unpaired) electrons. The Morgan fingerprint density at radius 2 is 2.12 bits per heavy atom. The number of carbonyl (C=O) groups excluding carboxylic acids is 1. The largest absolute Gasteiger partial charge is 0.289 e. The molecular weight excluding hydrogens is 399 g/mol. The minimum Gasteiger partial charge on any atom is -0.289 e. The molecule has 1 nitrogen and oxygen atoms in total. The second-order valence-electron chi connectivity index (χ2n) is 3.36. The number of carbonyl (C=O) groups is 1. The molecular formula is C12H8BrIOS. The fourth-order valence-corrected chi connectivity index (χ4v) is 3.69. The number of hydrogen-bond acceptors (Lipinski definition) is 2. The Morgan fingerprint density at radius 3 is 2.69 bits per heavy atom. The van der Waals surface area contributed by atoms with Gasteiger partial charge >= 0.3 is 0 Å². The zero-order valence-electron chi connectivity index (χ0n) is 8.46. The summed E-state index contributed by atoms with van der Waals surface area (Å²) in [7, 11) is 0. The number of rotatable bonds is 2. The molecule has 0 aliphatic heterocycles. The van der Waals surface area contributed by atoms with Gasteiger partial charge in [0.25, 0.3) is 0 Å². The second-order valence-corrected chi connectivity index (χ2v) is 7.24. The fraction of sp³-hybridized carbons (Fsp3) is 0.0833. The molecule has 0 saturated heterocycles. The first-order valence-corrected chi connectivity index (χ1v) is 7.33. The molecule has 0 fully saturated rings. The average Bonchev–Trinajstić information content (AvgIpc) is 2.57. The SMILES string of the molecule is Cc1sc(Br)cc1C(=O)c1cccc(I)c1. The summed E-state index contributed by atoms with van der Waals surface area (Å²) < 4.78 is 2.08. The first-order chi connectivity index (χ1) is 7.58. The van der Waals surface area contributed by atoms with Crippen molar-refractivity contribution in [3.8, 4) is 0 Å². The van der Waals surface area contributed by atoms with Crippen LogP contribution in [0, 0.1) is 10.5 Å². The van der Waals surface area contributed by atoms with Crippen molar-refractivity contribution in [1.82, 2.24) is 0 Å². The van der Waals surface area contributed by atoms with Crippen LogP contribution in [-0.4, -0.2) is 5.78 Å². The summed E-state index contributed by atoms with van der Waals surface area (Å²) in [6, 6.07) is 9.55. The predicted molar refractivity (Wildman–Crippen MR) is 79.3 cm³/mol. The van der Waals surface area contributed by atoms with E-state index in [1.54, 1.807) is 11.3 Å². The third-order valence-electron chi connectivity index (χ3n) is 2.22. The lowest BCUT2D eigenvalue weighted by Gasteiger charge is -2.00. The zero-order chi connectivity index (χ0) is 11.7. The van der Waals surface area contributed by atoms with Crippen molar-refractivity contribution in [3.63, 3.8) is 0 Å². The van der Waals surface area contributed by atoms with Crippen molar-refractivity contribution in [2.45, 2.75) is 6.92 Å². The van der Waals surface area contributed by atoms with Gasteiger partial charge in [-0.15, -0.1) is 11.3 Å². The summed E-state index contributed by atoms with van der Waals surface area (Å²) in [6.07, 6.45) is 0. The highest BCUT2D eigenvalue weighted by molar-refractivity contribution is 14.1. The third kappa shape index (κ3) is 2.55. The van der Waals surface area contributed by atoms with E-state index in [9.17, 15) is 4.79 Å². The summed E-state index contributed by atoms with van der Waals surface area (Å²) >= 11 is 7.21. The molecule has 1 aromatic carbocycles. The van der Waals surface area contributed by atoms with E-state index in [4.69, 9.17) is 0 Å². The Morgan fingerprint density at radius 1 is 1.38 bits per heavy atom. The minimum absolute atomic E-state index is 0.0953. The van der Waals surface area contributed by atoms with Gasteiger partial charge in [-0.1, -0.05) is 12.1 Å². The topological polar surface area (TPSA) is 17.1 Å². The first kappa shape index (κ1) is 12.3. The summed E-state index contributed by atoms with van der Waals surface area (Å²) in [6.45, 7) is 1.97. The second kappa shape index (κ2) is 4.98. The van der Waals surface area contributed by atoms with Gasteiger partial charge < -0.3 is 0 Å². The van der Waals surface area contributed by atoms with Gasteiger partial charge in [0.15, 0.2) is 5.78 Å². The molecule has 1 heterocycles. The lowest BCUT2D eigenvalue weighted by molar-refractivity contribution is 0.103. The molecule has 0 spiro atoms. The van der Waals surface area contributed by atoms with Crippen LogP contribution in [0.5, 0.6) is 0 Å². The molecule has 0 atom stereocenters. The van der Waals surface area contributed by atoms with Crippen LogP contribution in [0.2, 0.25) is 0 Å². The van der Waals surface area contributed by atoms with Gasteiger partial charge in [0.2, 0.25) is 0 Å². The minimum atomic E-state index is 0.0953. The monoisotopic (exact) mass is 406 g/mol. The number of halogens is 2. The van der Waals surface area contributed by atoms with E-state index in [0.717, 1.165) is 23.4 Å². The van der Waals surface area contributed by atoms with E-state index in [0.29, 0.717) is 0 Å². The molecule has 0 aliphatic carbocycles. The number of benzene rings is 1.